The first-order chi connectivity index (χ1) is 8.56. The van der Waals surface area contributed by atoms with Crippen molar-refractivity contribution in [2.45, 2.75) is 18.9 Å². The highest BCUT2D eigenvalue weighted by Crippen LogP contribution is 2.14. The van der Waals surface area contributed by atoms with Crippen LogP contribution in [0.4, 0.5) is 10.1 Å². The lowest BCUT2D eigenvalue weighted by molar-refractivity contribution is 0.0930. The van der Waals surface area contributed by atoms with E-state index in [0.717, 1.165) is 0 Å². The second-order valence-electron chi connectivity index (χ2n) is 4.34. The molecule has 1 fully saturated rings. The summed E-state index contributed by atoms with van der Waals surface area (Å²) < 4.78 is 24.7. The van der Waals surface area contributed by atoms with Crippen LogP contribution in [0.1, 0.15) is 23.2 Å². The molecule has 1 heterocycles. The van der Waals surface area contributed by atoms with Crippen molar-refractivity contribution in [3.05, 3.63) is 29.6 Å². The van der Waals surface area contributed by atoms with Gasteiger partial charge in [-0.2, -0.15) is 0 Å². The highest BCUT2D eigenvalue weighted by atomic mass is 32.2. The number of nitrogens with one attached hydrogen (secondary N) is 1. The Bertz CT molecular complexity index is 483. The lowest BCUT2D eigenvalue weighted by Crippen LogP contribution is -2.39. The standard InChI is InChI=1S/C12H15FN2O2S/c13-11-2-1-8(14)7-10(11)12(16)15-9-3-5-18(17)6-4-9/h1-2,7,9H,3-6,14H2,(H,15,16). The number of nitrogen functional groups attached to an aromatic ring is 1. The van der Waals surface area contributed by atoms with Gasteiger partial charge in [0.15, 0.2) is 0 Å². The minimum absolute atomic E-state index is 0.0315. The highest BCUT2D eigenvalue weighted by Gasteiger charge is 2.21. The summed E-state index contributed by atoms with van der Waals surface area (Å²) in [5.41, 5.74) is 5.84. The Balaban J connectivity index is 2.03. The predicted octanol–water partition coefficient (Wildman–Crippen LogP) is 1.05. The second kappa shape index (κ2) is 5.48. The largest absolute Gasteiger partial charge is 0.399 e. The van der Waals surface area contributed by atoms with Crippen LogP contribution >= 0.6 is 0 Å². The molecule has 4 nitrogen and oxygen atoms in total. The van der Waals surface area contributed by atoms with Crippen molar-refractivity contribution >= 4 is 22.4 Å². The van der Waals surface area contributed by atoms with Crippen molar-refractivity contribution < 1.29 is 13.4 Å². The zero-order valence-electron chi connectivity index (χ0n) is 9.82. The minimum Gasteiger partial charge on any atom is -0.399 e. The number of nitrogens with two attached hydrogens (primary N) is 1. The number of rotatable bonds is 2. The topological polar surface area (TPSA) is 72.2 Å². The molecule has 1 aliphatic rings. The summed E-state index contributed by atoms with van der Waals surface area (Å²) in [4.78, 5) is 11.9. The second-order valence-corrected chi connectivity index (χ2v) is 6.03. The van der Waals surface area contributed by atoms with E-state index in [1.165, 1.54) is 18.2 Å². The SMILES string of the molecule is Nc1ccc(F)c(C(=O)NC2CCS(=O)CC2)c1. The van der Waals surface area contributed by atoms with Gasteiger partial charge in [-0.05, 0) is 31.0 Å². The van der Waals surface area contributed by atoms with Crippen molar-refractivity contribution in [2.75, 3.05) is 17.2 Å². The fourth-order valence-corrected chi connectivity index (χ4v) is 3.22. The van der Waals surface area contributed by atoms with E-state index >= 15 is 0 Å². The lowest BCUT2D eigenvalue weighted by atomic mass is 10.1. The lowest BCUT2D eigenvalue weighted by Gasteiger charge is -2.22. The van der Waals surface area contributed by atoms with Crippen LogP contribution in [-0.4, -0.2) is 27.7 Å². The number of hydrogen-bond donors (Lipinski definition) is 2. The van der Waals surface area contributed by atoms with Gasteiger partial charge in [-0.1, -0.05) is 0 Å². The molecule has 1 aromatic carbocycles. The molecular formula is C12H15FN2O2S. The Hall–Kier alpha value is -1.43. The Morgan fingerprint density at radius 1 is 1.39 bits per heavy atom. The van der Waals surface area contributed by atoms with Crippen molar-refractivity contribution in [2.24, 2.45) is 0 Å². The van der Waals surface area contributed by atoms with Crippen LogP contribution in [0, 0.1) is 5.82 Å². The summed E-state index contributed by atoms with van der Waals surface area (Å²) in [7, 11) is -0.774. The molecule has 0 aromatic heterocycles. The van der Waals surface area contributed by atoms with Gasteiger partial charge < -0.3 is 11.1 Å². The molecule has 0 saturated carbocycles. The molecule has 1 aliphatic heterocycles. The molecule has 3 N–H and O–H groups in total. The van der Waals surface area contributed by atoms with Gasteiger partial charge in [-0.3, -0.25) is 9.00 Å². The molecule has 0 radical (unpaired) electrons. The number of carbonyl (C=O) groups excluding carboxylic acids is 1. The normalized spacial score (nSPS) is 23.6. The van der Waals surface area contributed by atoms with Crippen molar-refractivity contribution in [1.82, 2.24) is 5.32 Å². The van der Waals surface area contributed by atoms with Crippen LogP contribution in [0.5, 0.6) is 0 Å². The number of hydrogen-bond acceptors (Lipinski definition) is 3. The number of amides is 1. The first kappa shape index (κ1) is 13.0. The van der Waals surface area contributed by atoms with Crippen molar-refractivity contribution in [3.63, 3.8) is 0 Å². The van der Waals surface area contributed by atoms with E-state index in [9.17, 15) is 13.4 Å². The van der Waals surface area contributed by atoms with Crippen LogP contribution in [0.15, 0.2) is 18.2 Å². The number of anilines is 1. The van der Waals surface area contributed by atoms with Gasteiger partial charge in [0.25, 0.3) is 5.91 Å². The monoisotopic (exact) mass is 270 g/mol. The Morgan fingerprint density at radius 2 is 2.06 bits per heavy atom. The van der Waals surface area contributed by atoms with E-state index in [-0.39, 0.29) is 11.6 Å². The molecule has 18 heavy (non-hydrogen) atoms. The molecule has 6 heteroatoms. The maximum atomic E-state index is 13.5. The maximum absolute atomic E-state index is 13.5. The van der Waals surface area contributed by atoms with Crippen LogP contribution < -0.4 is 11.1 Å². The zero-order valence-corrected chi connectivity index (χ0v) is 10.6. The van der Waals surface area contributed by atoms with Crippen molar-refractivity contribution in [1.29, 1.82) is 0 Å². The quantitative estimate of drug-likeness (QED) is 0.789. The van der Waals surface area contributed by atoms with Gasteiger partial charge in [-0.15, -0.1) is 0 Å². The third-order valence-electron chi connectivity index (χ3n) is 2.96. The van der Waals surface area contributed by atoms with Gasteiger partial charge in [0.05, 0.1) is 5.56 Å². The molecular weight excluding hydrogens is 255 g/mol. The van der Waals surface area contributed by atoms with E-state index in [1.807, 2.05) is 0 Å². The van der Waals surface area contributed by atoms with Gasteiger partial charge in [0, 0.05) is 34.0 Å². The van der Waals surface area contributed by atoms with Gasteiger partial charge in [0.2, 0.25) is 0 Å². The van der Waals surface area contributed by atoms with Gasteiger partial charge in [0.1, 0.15) is 5.82 Å². The molecule has 1 aromatic rings. The molecule has 0 atom stereocenters. The Labute approximate surface area is 107 Å². The summed E-state index contributed by atoms with van der Waals surface area (Å²) in [5, 5.41) is 2.75. The average molecular weight is 270 g/mol. The van der Waals surface area contributed by atoms with E-state index in [1.54, 1.807) is 0 Å². The molecule has 0 bridgehead atoms. The summed E-state index contributed by atoms with van der Waals surface area (Å²) in [6.45, 7) is 0. The Morgan fingerprint density at radius 3 is 2.72 bits per heavy atom. The van der Waals surface area contributed by atoms with E-state index in [0.29, 0.717) is 30.0 Å². The highest BCUT2D eigenvalue weighted by molar-refractivity contribution is 7.85. The predicted molar refractivity (Wildman–Crippen MR) is 69.2 cm³/mol. The van der Waals surface area contributed by atoms with Gasteiger partial charge in [-0.25, -0.2) is 4.39 Å². The number of benzene rings is 1. The summed E-state index contributed by atoms with van der Waals surface area (Å²) in [6, 6.07) is 3.89. The van der Waals surface area contributed by atoms with Crippen molar-refractivity contribution in [3.8, 4) is 0 Å². The average Bonchev–Trinajstić information content (AvgIpc) is 2.35. The Kier molecular flexibility index (Phi) is 3.96. The molecule has 2 rings (SSSR count). The first-order valence-corrected chi connectivity index (χ1v) is 7.26. The third-order valence-corrected chi connectivity index (χ3v) is 4.34. The smallest absolute Gasteiger partial charge is 0.254 e. The number of halogens is 1. The molecule has 0 spiro atoms. The zero-order chi connectivity index (χ0) is 13.1. The van der Waals surface area contributed by atoms with Crippen LogP contribution in [0.25, 0.3) is 0 Å². The number of carbonyl (C=O) groups is 1. The van der Waals surface area contributed by atoms with E-state index < -0.39 is 22.5 Å². The molecule has 1 amide bonds. The minimum atomic E-state index is -0.774. The molecule has 98 valence electrons. The van der Waals surface area contributed by atoms with Crippen LogP contribution in [-0.2, 0) is 10.8 Å². The van der Waals surface area contributed by atoms with Crippen LogP contribution in [0.2, 0.25) is 0 Å². The van der Waals surface area contributed by atoms with Gasteiger partial charge >= 0.3 is 0 Å². The fourth-order valence-electron chi connectivity index (χ4n) is 1.92. The fraction of sp³-hybridized carbons (Fsp3) is 0.417. The van der Waals surface area contributed by atoms with Crippen LogP contribution in [0.3, 0.4) is 0 Å². The molecule has 0 unspecified atom stereocenters. The summed E-state index contributed by atoms with van der Waals surface area (Å²) in [6.07, 6.45) is 1.34. The summed E-state index contributed by atoms with van der Waals surface area (Å²) >= 11 is 0. The molecule has 0 aliphatic carbocycles. The van der Waals surface area contributed by atoms with E-state index in [4.69, 9.17) is 5.73 Å². The maximum Gasteiger partial charge on any atom is 0.254 e. The molecule has 1 saturated heterocycles. The first-order valence-electron chi connectivity index (χ1n) is 5.77. The van der Waals surface area contributed by atoms with E-state index in [2.05, 4.69) is 5.32 Å². The summed E-state index contributed by atoms with van der Waals surface area (Å²) in [5.74, 6) is 0.132. The third kappa shape index (κ3) is 3.07.